The van der Waals surface area contributed by atoms with Crippen LogP contribution in [0.1, 0.15) is 6.92 Å². The molecule has 3 nitrogen and oxygen atoms in total. The fraction of sp³-hybridized carbons (Fsp3) is 0.500. The lowest BCUT2D eigenvalue weighted by Gasteiger charge is -2.14. The van der Waals surface area contributed by atoms with Crippen molar-refractivity contribution in [3.63, 3.8) is 0 Å². The fourth-order valence-electron chi connectivity index (χ4n) is 0.338. The molecule has 0 atom stereocenters. The molecule has 0 amide bonds. The van der Waals surface area contributed by atoms with Crippen molar-refractivity contribution < 1.29 is 9.90 Å². The van der Waals surface area contributed by atoms with E-state index in [1.165, 1.54) is 0 Å². The van der Waals surface area contributed by atoms with Gasteiger partial charge < -0.3 is 10.0 Å². The van der Waals surface area contributed by atoms with E-state index in [0.29, 0.717) is 0 Å². The first-order chi connectivity index (χ1) is 4.04. The minimum absolute atomic E-state index is 0.0231. The molecular formula is C6H11NO2. The van der Waals surface area contributed by atoms with Gasteiger partial charge in [0.05, 0.1) is 0 Å². The summed E-state index contributed by atoms with van der Waals surface area (Å²) in [4.78, 5) is 11.6. The van der Waals surface area contributed by atoms with Crippen LogP contribution in [0.5, 0.6) is 0 Å². The SMILES string of the molecule is C=C(C)N(C)CC(=O)O. The molecule has 1 N–H and O–H groups in total. The lowest BCUT2D eigenvalue weighted by atomic mass is 10.4. The molecule has 0 rings (SSSR count). The zero-order chi connectivity index (χ0) is 7.44. The predicted molar refractivity (Wildman–Crippen MR) is 35.1 cm³/mol. The Hall–Kier alpha value is -0.990. The second kappa shape index (κ2) is 3.12. The Morgan fingerprint density at radius 2 is 2.22 bits per heavy atom. The van der Waals surface area contributed by atoms with E-state index >= 15 is 0 Å². The van der Waals surface area contributed by atoms with E-state index in [9.17, 15) is 4.79 Å². The second-order valence-corrected chi connectivity index (χ2v) is 1.99. The second-order valence-electron chi connectivity index (χ2n) is 1.99. The molecule has 0 bridgehead atoms. The topological polar surface area (TPSA) is 40.5 Å². The maximum absolute atomic E-state index is 10.0. The average molecular weight is 129 g/mol. The van der Waals surface area contributed by atoms with Gasteiger partial charge in [-0.2, -0.15) is 0 Å². The molecule has 0 aromatic heterocycles. The maximum atomic E-state index is 10.0. The third kappa shape index (κ3) is 3.58. The molecule has 0 spiro atoms. The van der Waals surface area contributed by atoms with Crippen LogP contribution in [-0.4, -0.2) is 29.6 Å². The molecule has 0 aliphatic heterocycles. The van der Waals surface area contributed by atoms with Gasteiger partial charge in [-0.05, 0) is 6.92 Å². The molecule has 0 radical (unpaired) electrons. The van der Waals surface area contributed by atoms with Crippen molar-refractivity contribution in [3.05, 3.63) is 12.3 Å². The zero-order valence-corrected chi connectivity index (χ0v) is 5.72. The lowest BCUT2D eigenvalue weighted by Crippen LogP contribution is -2.23. The van der Waals surface area contributed by atoms with Crippen LogP contribution in [0.2, 0.25) is 0 Å². The van der Waals surface area contributed by atoms with E-state index in [2.05, 4.69) is 6.58 Å². The van der Waals surface area contributed by atoms with Crippen LogP contribution < -0.4 is 0 Å². The van der Waals surface area contributed by atoms with Crippen molar-refractivity contribution in [2.24, 2.45) is 0 Å². The summed E-state index contributed by atoms with van der Waals surface area (Å²) < 4.78 is 0. The van der Waals surface area contributed by atoms with Gasteiger partial charge in [0, 0.05) is 12.7 Å². The Morgan fingerprint density at radius 1 is 1.78 bits per heavy atom. The Labute approximate surface area is 54.6 Å². The van der Waals surface area contributed by atoms with Crippen molar-refractivity contribution in [3.8, 4) is 0 Å². The van der Waals surface area contributed by atoms with E-state index in [-0.39, 0.29) is 6.54 Å². The molecule has 3 heteroatoms. The Kier molecular flexibility index (Phi) is 2.78. The summed E-state index contributed by atoms with van der Waals surface area (Å²) in [6, 6.07) is 0. The van der Waals surface area contributed by atoms with Crippen molar-refractivity contribution >= 4 is 5.97 Å². The number of carbonyl (C=O) groups is 1. The van der Waals surface area contributed by atoms with Crippen molar-refractivity contribution in [1.82, 2.24) is 4.90 Å². The van der Waals surface area contributed by atoms with Gasteiger partial charge in [0.15, 0.2) is 0 Å². The summed E-state index contributed by atoms with van der Waals surface area (Å²) >= 11 is 0. The highest BCUT2D eigenvalue weighted by atomic mass is 16.4. The van der Waals surface area contributed by atoms with E-state index in [1.54, 1.807) is 18.9 Å². The average Bonchev–Trinajstić information content (AvgIpc) is 1.63. The number of carboxylic acids is 1. The quantitative estimate of drug-likeness (QED) is 0.604. The highest BCUT2D eigenvalue weighted by Crippen LogP contribution is 1.93. The Morgan fingerprint density at radius 3 is 2.33 bits per heavy atom. The van der Waals surface area contributed by atoms with Crippen LogP contribution in [0.15, 0.2) is 12.3 Å². The summed E-state index contributed by atoms with van der Waals surface area (Å²) in [6.07, 6.45) is 0. The third-order valence-corrected chi connectivity index (χ3v) is 1.02. The number of allylic oxidation sites excluding steroid dienone is 1. The predicted octanol–water partition coefficient (Wildman–Crippen LogP) is 0.536. The highest BCUT2D eigenvalue weighted by Gasteiger charge is 2.00. The molecular weight excluding hydrogens is 118 g/mol. The number of rotatable bonds is 3. The first kappa shape index (κ1) is 8.01. The molecule has 0 aromatic carbocycles. The number of aliphatic carboxylic acids is 1. The minimum Gasteiger partial charge on any atom is -0.480 e. The number of nitrogens with zero attached hydrogens (tertiary/aromatic N) is 1. The van der Waals surface area contributed by atoms with Crippen molar-refractivity contribution in [2.75, 3.05) is 13.6 Å². The van der Waals surface area contributed by atoms with E-state index < -0.39 is 5.97 Å². The normalized spacial score (nSPS) is 8.67. The van der Waals surface area contributed by atoms with Gasteiger partial charge in [0.1, 0.15) is 6.54 Å². The molecule has 0 saturated heterocycles. The number of carboxylic acid groups (broad SMARTS) is 1. The molecule has 0 aliphatic carbocycles. The van der Waals surface area contributed by atoms with Crippen LogP contribution in [0.3, 0.4) is 0 Å². The first-order valence-corrected chi connectivity index (χ1v) is 2.62. The summed E-state index contributed by atoms with van der Waals surface area (Å²) in [5.74, 6) is -0.833. The number of likely N-dealkylation sites (N-methyl/N-ethyl adjacent to an activating group) is 1. The first-order valence-electron chi connectivity index (χ1n) is 2.62. The summed E-state index contributed by atoms with van der Waals surface area (Å²) in [6.45, 7) is 5.36. The summed E-state index contributed by atoms with van der Waals surface area (Å²) in [7, 11) is 1.69. The zero-order valence-electron chi connectivity index (χ0n) is 5.72. The Balaban J connectivity index is 3.63. The molecule has 0 heterocycles. The van der Waals surface area contributed by atoms with Crippen LogP contribution in [0, 0.1) is 0 Å². The van der Waals surface area contributed by atoms with Crippen LogP contribution in [0.4, 0.5) is 0 Å². The molecule has 0 fully saturated rings. The van der Waals surface area contributed by atoms with E-state index in [4.69, 9.17) is 5.11 Å². The van der Waals surface area contributed by atoms with Gasteiger partial charge >= 0.3 is 5.97 Å². The van der Waals surface area contributed by atoms with Crippen LogP contribution in [0.25, 0.3) is 0 Å². The Bertz CT molecular complexity index is 131. The smallest absolute Gasteiger partial charge is 0.323 e. The largest absolute Gasteiger partial charge is 0.480 e. The minimum atomic E-state index is -0.833. The number of hydrogen-bond acceptors (Lipinski definition) is 2. The molecule has 9 heavy (non-hydrogen) atoms. The number of hydrogen-bond donors (Lipinski definition) is 1. The monoisotopic (exact) mass is 129 g/mol. The highest BCUT2D eigenvalue weighted by molar-refractivity contribution is 5.69. The molecule has 0 aliphatic rings. The van der Waals surface area contributed by atoms with Crippen LogP contribution in [-0.2, 0) is 4.79 Å². The molecule has 0 aromatic rings. The van der Waals surface area contributed by atoms with E-state index in [1.807, 2.05) is 0 Å². The van der Waals surface area contributed by atoms with Crippen LogP contribution >= 0.6 is 0 Å². The standard InChI is InChI=1S/C6H11NO2/c1-5(2)7(3)4-6(8)9/h1,4H2,2-3H3,(H,8,9). The van der Waals surface area contributed by atoms with E-state index in [0.717, 1.165) is 5.70 Å². The van der Waals surface area contributed by atoms with Gasteiger partial charge in [-0.3, -0.25) is 4.79 Å². The fourth-order valence-corrected chi connectivity index (χ4v) is 0.338. The van der Waals surface area contributed by atoms with Gasteiger partial charge in [0.2, 0.25) is 0 Å². The van der Waals surface area contributed by atoms with Crippen molar-refractivity contribution in [2.45, 2.75) is 6.92 Å². The van der Waals surface area contributed by atoms with Gasteiger partial charge in [-0.1, -0.05) is 6.58 Å². The summed E-state index contributed by atoms with van der Waals surface area (Å²) in [5.41, 5.74) is 0.761. The lowest BCUT2D eigenvalue weighted by molar-refractivity contribution is -0.137. The van der Waals surface area contributed by atoms with Gasteiger partial charge in [-0.15, -0.1) is 0 Å². The maximum Gasteiger partial charge on any atom is 0.323 e. The van der Waals surface area contributed by atoms with Gasteiger partial charge in [0.25, 0.3) is 0 Å². The van der Waals surface area contributed by atoms with Crippen molar-refractivity contribution in [1.29, 1.82) is 0 Å². The third-order valence-electron chi connectivity index (χ3n) is 1.02. The summed E-state index contributed by atoms with van der Waals surface area (Å²) in [5, 5.41) is 8.25. The molecule has 0 unspecified atom stereocenters. The van der Waals surface area contributed by atoms with Gasteiger partial charge in [-0.25, -0.2) is 0 Å². The molecule has 0 saturated carbocycles. The molecule has 52 valence electrons.